The molecule has 0 saturated carbocycles. The number of hydrogen-bond acceptors (Lipinski definition) is 10. The smallest absolute Gasteiger partial charge is 0.147 e. The van der Waals surface area contributed by atoms with Crippen LogP contribution in [0.2, 0.25) is 0 Å². The monoisotopic (exact) mass is 917 g/mol. The summed E-state index contributed by atoms with van der Waals surface area (Å²) in [4.78, 5) is 21.3. The first-order valence-electron chi connectivity index (χ1n) is 24.6. The molecule has 0 atom stereocenters. The van der Waals surface area contributed by atoms with Crippen molar-refractivity contribution in [2.24, 2.45) is 14.1 Å². The van der Waals surface area contributed by atoms with Crippen molar-refractivity contribution in [1.29, 1.82) is 0 Å². The van der Waals surface area contributed by atoms with E-state index in [1.54, 1.807) is 12.1 Å². The van der Waals surface area contributed by atoms with Gasteiger partial charge in [0.15, 0.2) is 0 Å². The molecule has 0 radical (unpaired) electrons. The summed E-state index contributed by atoms with van der Waals surface area (Å²) in [5.74, 6) is -0.343. The zero-order chi connectivity index (χ0) is 46.6. The summed E-state index contributed by atoms with van der Waals surface area (Å²) in [5.41, 5.74) is 11.5. The fourth-order valence-electron chi connectivity index (χ4n) is 10.3. The fraction of sp³-hybridized carbons (Fsp3) is 0.509. The molecule has 2 aromatic carbocycles. The van der Waals surface area contributed by atoms with E-state index in [4.69, 9.17) is 19.4 Å². The van der Waals surface area contributed by atoms with Gasteiger partial charge in [-0.1, -0.05) is 12.1 Å². The molecule has 4 aliphatic heterocycles. The van der Waals surface area contributed by atoms with Crippen LogP contribution in [-0.4, -0.2) is 158 Å². The summed E-state index contributed by atoms with van der Waals surface area (Å²) < 4.78 is 46.0. The van der Waals surface area contributed by atoms with Crippen LogP contribution < -0.4 is 15.1 Å². The van der Waals surface area contributed by atoms with Gasteiger partial charge >= 0.3 is 0 Å². The topological polar surface area (TPSA) is 82.3 Å². The van der Waals surface area contributed by atoms with E-state index >= 15 is 8.78 Å². The van der Waals surface area contributed by atoms with Gasteiger partial charge < -0.3 is 33.7 Å². The van der Waals surface area contributed by atoms with Crippen molar-refractivity contribution in [2.45, 2.75) is 46.6 Å². The Morgan fingerprint density at radius 2 is 1.00 bits per heavy atom. The highest BCUT2D eigenvalue weighted by molar-refractivity contribution is 5.95. The summed E-state index contributed by atoms with van der Waals surface area (Å²) in [7, 11) is 4.24. The number of aryl methyl sites for hydroxylation is 4. The third-order valence-electron chi connectivity index (χ3n) is 14.4. The molecule has 0 amide bonds. The minimum atomic E-state index is -0.177. The van der Waals surface area contributed by atoms with Gasteiger partial charge in [-0.05, 0) is 76.2 Å². The lowest BCUT2D eigenvalue weighted by Crippen LogP contribution is -2.49. The number of piperazine rings is 2. The number of anilines is 2. The Labute approximate surface area is 395 Å². The number of morpholine rings is 2. The van der Waals surface area contributed by atoms with Gasteiger partial charge in [0.05, 0.1) is 60.2 Å². The molecule has 14 heteroatoms. The van der Waals surface area contributed by atoms with E-state index in [0.29, 0.717) is 17.4 Å². The fourth-order valence-corrected chi connectivity index (χ4v) is 10.3. The van der Waals surface area contributed by atoms with Crippen molar-refractivity contribution in [3.8, 4) is 22.5 Å². The summed E-state index contributed by atoms with van der Waals surface area (Å²) in [6.07, 6.45) is 1.94. The number of aromatic nitrogens is 4. The molecular formula is C53H70F2N10O2. The molecule has 4 fully saturated rings. The molecule has 0 aliphatic carbocycles. The third kappa shape index (κ3) is 10.7. The normalized spacial score (nSPS) is 18.0. The molecule has 12 nitrogen and oxygen atoms in total. The second-order valence-corrected chi connectivity index (χ2v) is 19.1. The largest absolute Gasteiger partial charge is 0.379 e. The second-order valence-electron chi connectivity index (χ2n) is 19.1. The van der Waals surface area contributed by atoms with E-state index in [2.05, 4.69) is 91.2 Å². The molecule has 8 heterocycles. The van der Waals surface area contributed by atoms with Crippen LogP contribution in [0.15, 0.2) is 60.7 Å². The number of halogens is 2. The number of benzene rings is 2. The van der Waals surface area contributed by atoms with Crippen LogP contribution in [0.25, 0.3) is 44.3 Å². The molecule has 0 bridgehead atoms. The second kappa shape index (κ2) is 21.1. The summed E-state index contributed by atoms with van der Waals surface area (Å²) in [6.45, 7) is 24.8. The van der Waals surface area contributed by atoms with Crippen LogP contribution in [0.4, 0.5) is 20.2 Å². The van der Waals surface area contributed by atoms with Crippen molar-refractivity contribution in [2.75, 3.05) is 128 Å². The maximum absolute atomic E-state index is 15.4. The Morgan fingerprint density at radius 3 is 1.42 bits per heavy atom. The number of pyridine rings is 2. The Kier molecular flexibility index (Phi) is 14.9. The zero-order valence-corrected chi connectivity index (χ0v) is 40.6. The van der Waals surface area contributed by atoms with Crippen LogP contribution >= 0.6 is 0 Å². The zero-order valence-electron chi connectivity index (χ0n) is 40.6. The van der Waals surface area contributed by atoms with Crippen molar-refractivity contribution in [1.82, 2.24) is 39.1 Å². The van der Waals surface area contributed by atoms with Crippen molar-refractivity contribution < 1.29 is 18.3 Å². The van der Waals surface area contributed by atoms with Crippen molar-refractivity contribution in [3.63, 3.8) is 0 Å². The molecule has 4 saturated heterocycles. The van der Waals surface area contributed by atoms with Gasteiger partial charge in [0, 0.05) is 169 Å². The third-order valence-corrected chi connectivity index (χ3v) is 14.4. The molecule has 0 spiro atoms. The maximum Gasteiger partial charge on any atom is 0.147 e. The average molecular weight is 917 g/mol. The predicted octanol–water partition coefficient (Wildman–Crippen LogP) is 7.07. The highest BCUT2D eigenvalue weighted by Gasteiger charge is 2.23. The lowest BCUT2D eigenvalue weighted by atomic mass is 10.1. The van der Waals surface area contributed by atoms with Gasteiger partial charge in [0.1, 0.15) is 11.6 Å². The van der Waals surface area contributed by atoms with Crippen LogP contribution in [-0.2, 0) is 36.4 Å². The van der Waals surface area contributed by atoms with E-state index in [1.165, 1.54) is 11.4 Å². The molecule has 0 unspecified atom stereocenters. The van der Waals surface area contributed by atoms with Crippen molar-refractivity contribution >= 4 is 33.2 Å². The first kappa shape index (κ1) is 47.1. The Bertz CT molecular complexity index is 2640. The minimum absolute atomic E-state index is 0.166. The molecule has 4 aliphatic rings. The number of fused-ring (bicyclic) bond motifs is 2. The van der Waals surface area contributed by atoms with Gasteiger partial charge in [0.2, 0.25) is 0 Å². The van der Waals surface area contributed by atoms with E-state index in [0.717, 1.165) is 187 Å². The minimum Gasteiger partial charge on any atom is -0.379 e. The summed E-state index contributed by atoms with van der Waals surface area (Å²) >= 11 is 0. The van der Waals surface area contributed by atoms with Gasteiger partial charge in [0.25, 0.3) is 0 Å². The number of nitrogens with zero attached hydrogens (tertiary/aromatic N) is 9. The molecule has 358 valence electrons. The van der Waals surface area contributed by atoms with Crippen LogP contribution in [0.3, 0.4) is 0 Å². The molecule has 10 rings (SSSR count). The lowest BCUT2D eigenvalue weighted by Gasteiger charge is -2.38. The van der Waals surface area contributed by atoms with Crippen LogP contribution in [0.1, 0.15) is 36.6 Å². The van der Waals surface area contributed by atoms with E-state index in [-0.39, 0.29) is 11.6 Å². The maximum atomic E-state index is 15.4. The molecule has 67 heavy (non-hydrogen) atoms. The molecular weight excluding hydrogens is 847 g/mol. The predicted molar refractivity (Wildman–Crippen MR) is 268 cm³/mol. The first-order valence-corrected chi connectivity index (χ1v) is 24.6. The molecule has 4 aromatic heterocycles. The van der Waals surface area contributed by atoms with Gasteiger partial charge in [-0.15, -0.1) is 0 Å². The standard InChI is InChI=1S/C28H38FN5O.C25H32FN5O/c1-20(2)33-9-11-34(12-10-33)26-6-5-22(18-25(26)29)28-24-19-23(7-8-32-13-15-35-16-14-32)31(4)27(24)17-21(3)30-28;1-18-15-24-21(17-20(29(24)2)5-8-30-11-13-32-14-12-30)25(28-18)19-3-4-23(22(26)16-19)31-9-6-27-7-10-31/h5-6,17-20H,7-16H2,1-4H3;3-4,15-17,27H,5-14H2,1-2H3. The average Bonchev–Trinajstić information content (AvgIpc) is 3.84. The number of nitrogens with one attached hydrogen (secondary N) is 1. The number of rotatable bonds is 11. The highest BCUT2D eigenvalue weighted by atomic mass is 19.1. The number of hydrogen-bond donors (Lipinski definition) is 1. The van der Waals surface area contributed by atoms with E-state index < -0.39 is 0 Å². The Balaban J connectivity index is 0.000000169. The number of ether oxygens (including phenoxy) is 2. The quantitative estimate of drug-likeness (QED) is 0.146. The summed E-state index contributed by atoms with van der Waals surface area (Å²) in [5, 5.41) is 5.50. The molecule has 6 aromatic rings. The Morgan fingerprint density at radius 1 is 0.567 bits per heavy atom. The van der Waals surface area contributed by atoms with Gasteiger partial charge in [-0.2, -0.15) is 0 Å². The van der Waals surface area contributed by atoms with Crippen molar-refractivity contribution in [3.05, 3.63) is 95.1 Å². The highest BCUT2D eigenvalue weighted by Crippen LogP contribution is 2.35. The van der Waals surface area contributed by atoms with E-state index in [1.807, 2.05) is 38.1 Å². The Hall–Kier alpha value is -4.96. The van der Waals surface area contributed by atoms with Gasteiger partial charge in [-0.25, -0.2) is 8.78 Å². The lowest BCUT2D eigenvalue weighted by molar-refractivity contribution is 0.0382. The van der Waals surface area contributed by atoms with Crippen LogP contribution in [0, 0.1) is 25.5 Å². The molecule has 1 N–H and O–H groups in total. The van der Waals surface area contributed by atoms with Gasteiger partial charge in [-0.3, -0.25) is 24.7 Å². The SMILES string of the molecule is Cc1cc2c(cc(CCN3CCOCC3)n2C)c(-c2ccc(N3CCN(C(C)C)CC3)c(F)c2)n1.Cc1cc2c(cc(CCN3CCOCC3)n2C)c(-c2ccc(N3CCNCC3)c(F)c2)n1. The van der Waals surface area contributed by atoms with Crippen LogP contribution in [0.5, 0.6) is 0 Å². The first-order chi connectivity index (χ1) is 32.5. The summed E-state index contributed by atoms with van der Waals surface area (Å²) in [6, 6.07) is 20.5. The van der Waals surface area contributed by atoms with E-state index in [9.17, 15) is 0 Å².